The van der Waals surface area contributed by atoms with Crippen LogP contribution in [-0.2, 0) is 7.05 Å². The first-order chi connectivity index (χ1) is 11.2. The zero-order valence-corrected chi connectivity index (χ0v) is 13.5. The van der Waals surface area contributed by atoms with Gasteiger partial charge >= 0.3 is 0 Å². The Morgan fingerprint density at radius 2 is 1.61 bits per heavy atom. The van der Waals surface area contributed by atoms with Gasteiger partial charge in [-0.3, -0.25) is 0 Å². The summed E-state index contributed by atoms with van der Waals surface area (Å²) in [6.45, 7) is 0. The first kappa shape index (κ1) is 15.0. The number of hydrogen-bond donors (Lipinski definition) is 0. The maximum absolute atomic E-state index is 4.56. The molecule has 0 unspecified atom stereocenters. The number of aryl methyl sites for hydroxylation is 1. The van der Waals surface area contributed by atoms with E-state index in [1.165, 1.54) is 0 Å². The van der Waals surface area contributed by atoms with Crippen molar-refractivity contribution in [3.8, 4) is 0 Å². The summed E-state index contributed by atoms with van der Waals surface area (Å²) in [4.78, 5) is 6.46. The highest BCUT2D eigenvalue weighted by Crippen LogP contribution is 2.39. The molecule has 1 aromatic heterocycles. The Hall–Kier alpha value is -2.95. The second-order valence-corrected chi connectivity index (χ2v) is 5.49. The normalized spacial score (nSPS) is 11.8. The van der Waals surface area contributed by atoms with Crippen molar-refractivity contribution in [3.63, 3.8) is 0 Å². The van der Waals surface area contributed by atoms with Crippen LogP contribution in [0.5, 0.6) is 0 Å². The number of para-hydroxylation sites is 1. The number of aromatic nitrogens is 1. The van der Waals surface area contributed by atoms with Crippen LogP contribution in [0.15, 0.2) is 69.8 Å². The topological polar surface area (TPSA) is 45.2 Å². The van der Waals surface area contributed by atoms with Crippen LogP contribution in [0.25, 0.3) is 10.9 Å². The molecule has 23 heavy (non-hydrogen) atoms. The van der Waals surface area contributed by atoms with Gasteiger partial charge in [-0.25, -0.2) is 4.99 Å². The summed E-state index contributed by atoms with van der Waals surface area (Å²) in [5.41, 5.74) is 2.69. The lowest BCUT2D eigenvalue weighted by atomic mass is 10.2. The molecule has 3 rings (SSSR count). The van der Waals surface area contributed by atoms with Gasteiger partial charge < -0.3 is 9.47 Å². The van der Waals surface area contributed by atoms with Crippen LogP contribution in [-0.4, -0.2) is 29.9 Å². The van der Waals surface area contributed by atoms with Crippen LogP contribution in [0.3, 0.4) is 0 Å². The van der Waals surface area contributed by atoms with E-state index in [0.29, 0.717) is 0 Å². The minimum atomic E-state index is 0.782. The lowest BCUT2D eigenvalue weighted by Gasteiger charge is -2.03. The van der Waals surface area contributed by atoms with Crippen molar-refractivity contribution < 1.29 is 0 Å². The third-order valence-corrected chi connectivity index (χ3v) is 3.48. The highest BCUT2D eigenvalue weighted by Gasteiger charge is 2.13. The molecule has 5 heteroatoms. The van der Waals surface area contributed by atoms with E-state index >= 15 is 0 Å². The maximum atomic E-state index is 4.56. The molecule has 0 fully saturated rings. The first-order valence-corrected chi connectivity index (χ1v) is 7.41. The summed E-state index contributed by atoms with van der Waals surface area (Å²) < 4.78 is 2.04. The standard InChI is InChI=1S/C18H19N5/c1-22(2)13-19-18-17(21-20-14-9-5-4-6-10-14)15-11-7-8-12-16(15)23(18)3/h4-13H,1-3H3/b19-13+,21-20?. The lowest BCUT2D eigenvalue weighted by Crippen LogP contribution is -2.07. The molecule has 0 aliphatic heterocycles. The minimum Gasteiger partial charge on any atom is -0.369 e. The number of rotatable bonds is 4. The SMILES string of the molecule is CN(C)/C=N/c1c(N=Nc2ccccc2)c2ccccc2n1C. The van der Waals surface area contributed by atoms with Gasteiger partial charge in [-0.2, -0.15) is 5.11 Å². The summed E-state index contributed by atoms with van der Waals surface area (Å²) in [5.74, 6) is 0.791. The zero-order valence-electron chi connectivity index (χ0n) is 13.5. The fourth-order valence-corrected chi connectivity index (χ4v) is 2.38. The molecule has 0 bridgehead atoms. The summed E-state index contributed by atoms with van der Waals surface area (Å²) in [7, 11) is 5.88. The fraction of sp³-hybridized carbons (Fsp3) is 0.167. The molecule has 0 N–H and O–H groups in total. The Kier molecular flexibility index (Phi) is 4.19. The summed E-state index contributed by atoms with van der Waals surface area (Å²) >= 11 is 0. The van der Waals surface area contributed by atoms with E-state index in [2.05, 4.69) is 21.3 Å². The van der Waals surface area contributed by atoms with Gasteiger partial charge in [0.05, 0.1) is 17.5 Å². The van der Waals surface area contributed by atoms with E-state index in [1.807, 2.05) is 79.1 Å². The summed E-state index contributed by atoms with van der Waals surface area (Å²) in [6, 6.07) is 17.8. The van der Waals surface area contributed by atoms with Crippen molar-refractivity contribution in [2.45, 2.75) is 0 Å². The Morgan fingerprint density at radius 3 is 2.35 bits per heavy atom. The molecule has 0 radical (unpaired) electrons. The largest absolute Gasteiger partial charge is 0.369 e. The molecule has 2 aromatic carbocycles. The molecule has 0 aliphatic carbocycles. The highest BCUT2D eigenvalue weighted by molar-refractivity contribution is 5.98. The van der Waals surface area contributed by atoms with Crippen molar-refractivity contribution in [2.75, 3.05) is 14.1 Å². The van der Waals surface area contributed by atoms with Crippen LogP contribution >= 0.6 is 0 Å². The Bertz CT molecular complexity index is 860. The number of hydrogen-bond acceptors (Lipinski definition) is 3. The zero-order chi connectivity index (χ0) is 16.2. The van der Waals surface area contributed by atoms with Crippen molar-refractivity contribution in [3.05, 3.63) is 54.6 Å². The van der Waals surface area contributed by atoms with Gasteiger partial charge in [0, 0.05) is 26.5 Å². The smallest absolute Gasteiger partial charge is 0.163 e. The van der Waals surface area contributed by atoms with Gasteiger partial charge in [-0.05, 0) is 18.2 Å². The first-order valence-electron chi connectivity index (χ1n) is 7.41. The number of nitrogens with zero attached hydrogens (tertiary/aromatic N) is 5. The van der Waals surface area contributed by atoms with Crippen molar-refractivity contribution in [2.24, 2.45) is 22.3 Å². The minimum absolute atomic E-state index is 0.782. The van der Waals surface area contributed by atoms with Crippen LogP contribution in [0, 0.1) is 0 Å². The van der Waals surface area contributed by atoms with E-state index in [9.17, 15) is 0 Å². The van der Waals surface area contributed by atoms with Crippen LogP contribution < -0.4 is 0 Å². The molecule has 0 amide bonds. The number of aliphatic imine (C=N–C) groups is 1. The second-order valence-electron chi connectivity index (χ2n) is 5.49. The molecule has 0 spiro atoms. The van der Waals surface area contributed by atoms with Gasteiger partial charge in [0.1, 0.15) is 5.69 Å². The third kappa shape index (κ3) is 3.13. The van der Waals surface area contributed by atoms with Crippen LogP contribution in [0.1, 0.15) is 0 Å². The lowest BCUT2D eigenvalue weighted by molar-refractivity contribution is 0.642. The van der Waals surface area contributed by atoms with E-state index < -0.39 is 0 Å². The van der Waals surface area contributed by atoms with Crippen LogP contribution in [0.4, 0.5) is 17.2 Å². The second kappa shape index (κ2) is 6.44. The molecule has 0 saturated carbocycles. The van der Waals surface area contributed by atoms with Crippen molar-refractivity contribution in [1.82, 2.24) is 9.47 Å². The molecule has 5 nitrogen and oxygen atoms in total. The monoisotopic (exact) mass is 305 g/mol. The molecule has 0 atom stereocenters. The molecule has 3 aromatic rings. The van der Waals surface area contributed by atoms with Gasteiger partial charge in [0.2, 0.25) is 0 Å². The third-order valence-electron chi connectivity index (χ3n) is 3.48. The van der Waals surface area contributed by atoms with E-state index in [4.69, 9.17) is 0 Å². The average molecular weight is 305 g/mol. The molecule has 0 saturated heterocycles. The Morgan fingerprint density at radius 1 is 0.913 bits per heavy atom. The Labute approximate surface area is 135 Å². The molecule has 1 heterocycles. The van der Waals surface area contributed by atoms with Gasteiger partial charge in [0.15, 0.2) is 5.82 Å². The van der Waals surface area contributed by atoms with Crippen LogP contribution in [0.2, 0.25) is 0 Å². The maximum Gasteiger partial charge on any atom is 0.163 e. The fourth-order valence-electron chi connectivity index (χ4n) is 2.38. The van der Waals surface area contributed by atoms with Gasteiger partial charge in [0.25, 0.3) is 0 Å². The molecule has 116 valence electrons. The van der Waals surface area contributed by atoms with E-state index in [0.717, 1.165) is 28.1 Å². The Balaban J connectivity index is 2.13. The van der Waals surface area contributed by atoms with Crippen molar-refractivity contribution >= 4 is 34.4 Å². The van der Waals surface area contributed by atoms with Gasteiger partial charge in [-0.15, -0.1) is 5.11 Å². The number of azo groups is 1. The van der Waals surface area contributed by atoms with Crippen molar-refractivity contribution in [1.29, 1.82) is 0 Å². The predicted octanol–water partition coefficient (Wildman–Crippen LogP) is 4.82. The average Bonchev–Trinajstić information content (AvgIpc) is 2.84. The molecule has 0 aliphatic rings. The van der Waals surface area contributed by atoms with E-state index in [1.54, 1.807) is 6.34 Å². The predicted molar refractivity (Wildman–Crippen MR) is 95.4 cm³/mol. The number of benzene rings is 2. The highest BCUT2D eigenvalue weighted by atomic mass is 15.2. The quantitative estimate of drug-likeness (QED) is 0.387. The summed E-state index contributed by atoms with van der Waals surface area (Å²) in [6.07, 6.45) is 1.77. The molecular formula is C18H19N5. The van der Waals surface area contributed by atoms with E-state index in [-0.39, 0.29) is 0 Å². The van der Waals surface area contributed by atoms with Gasteiger partial charge in [-0.1, -0.05) is 36.4 Å². The number of fused-ring (bicyclic) bond motifs is 1. The molecular weight excluding hydrogens is 286 g/mol. The summed E-state index contributed by atoms with van der Waals surface area (Å²) in [5, 5.41) is 9.87.